The molecule has 0 aromatic carbocycles. The lowest BCUT2D eigenvalue weighted by Crippen LogP contribution is -2.06. The molecule has 8 nitrogen and oxygen atoms in total. The molecule has 3 aromatic heterocycles. The summed E-state index contributed by atoms with van der Waals surface area (Å²) >= 11 is 3.33. The molecule has 1 N–H and O–H groups in total. The van der Waals surface area contributed by atoms with E-state index in [-0.39, 0.29) is 6.01 Å². The smallest absolute Gasteiger partial charge is 0.328 e. The summed E-state index contributed by atoms with van der Waals surface area (Å²) in [5.41, 5.74) is 0. The highest BCUT2D eigenvalue weighted by Crippen LogP contribution is 2.21. The lowest BCUT2D eigenvalue weighted by Gasteiger charge is -2.07. The van der Waals surface area contributed by atoms with Gasteiger partial charge in [-0.2, -0.15) is 15.0 Å². The molecule has 0 fully saturated rings. The Labute approximate surface area is 128 Å². The van der Waals surface area contributed by atoms with Gasteiger partial charge in [-0.1, -0.05) is 0 Å². The summed E-state index contributed by atoms with van der Waals surface area (Å²) in [5, 5.41) is 2.87. The summed E-state index contributed by atoms with van der Waals surface area (Å²) in [4.78, 5) is 20.6. The second-order valence-corrected chi connectivity index (χ2v) is 4.82. The standard InChI is InChI=1S/C12H10BrN7O/c1-14-10-17-11(20-3-2-15-7-20)19-12(18-10)21-9-4-8(13)5-16-6-9/h2-7H,1H3,(H,14,17,18,19). The zero-order valence-electron chi connectivity index (χ0n) is 10.9. The highest BCUT2D eigenvalue weighted by Gasteiger charge is 2.09. The van der Waals surface area contributed by atoms with Crippen LogP contribution in [-0.4, -0.2) is 36.5 Å². The van der Waals surface area contributed by atoms with E-state index in [1.807, 2.05) is 0 Å². The fraction of sp³-hybridized carbons (Fsp3) is 0.0833. The van der Waals surface area contributed by atoms with Crippen LogP contribution in [0.3, 0.4) is 0 Å². The third-order valence-corrected chi connectivity index (χ3v) is 2.88. The van der Waals surface area contributed by atoms with Gasteiger partial charge in [0.1, 0.15) is 6.33 Å². The number of nitrogens with zero attached hydrogens (tertiary/aromatic N) is 6. The van der Waals surface area contributed by atoms with Crippen LogP contribution >= 0.6 is 15.9 Å². The fourth-order valence-corrected chi connectivity index (χ4v) is 1.89. The van der Waals surface area contributed by atoms with Crippen LogP contribution in [-0.2, 0) is 0 Å². The summed E-state index contributed by atoms with van der Waals surface area (Å²) in [6.07, 6.45) is 8.21. The summed E-state index contributed by atoms with van der Waals surface area (Å²) in [6.45, 7) is 0. The van der Waals surface area contributed by atoms with Crippen molar-refractivity contribution in [2.24, 2.45) is 0 Å². The molecule has 0 atom stereocenters. The number of halogens is 1. The van der Waals surface area contributed by atoms with Crippen molar-refractivity contribution in [1.82, 2.24) is 29.5 Å². The minimum absolute atomic E-state index is 0.165. The van der Waals surface area contributed by atoms with Crippen molar-refractivity contribution in [3.8, 4) is 17.7 Å². The van der Waals surface area contributed by atoms with Crippen molar-refractivity contribution < 1.29 is 4.74 Å². The van der Waals surface area contributed by atoms with Crippen molar-refractivity contribution in [2.45, 2.75) is 0 Å². The highest BCUT2D eigenvalue weighted by molar-refractivity contribution is 9.10. The van der Waals surface area contributed by atoms with E-state index < -0.39 is 0 Å². The summed E-state index contributed by atoms with van der Waals surface area (Å²) < 4.78 is 8.08. The van der Waals surface area contributed by atoms with Crippen LogP contribution in [0, 0.1) is 0 Å². The molecule has 3 aromatic rings. The van der Waals surface area contributed by atoms with Crippen LogP contribution in [0.25, 0.3) is 5.95 Å². The number of imidazole rings is 1. The zero-order chi connectivity index (χ0) is 14.7. The normalized spacial score (nSPS) is 10.4. The first-order valence-electron chi connectivity index (χ1n) is 5.95. The quantitative estimate of drug-likeness (QED) is 0.772. The van der Waals surface area contributed by atoms with E-state index in [1.54, 1.807) is 48.8 Å². The molecule has 0 unspecified atom stereocenters. The third kappa shape index (κ3) is 3.14. The Kier molecular flexibility index (Phi) is 3.73. The number of rotatable bonds is 4. The number of aromatic nitrogens is 6. The summed E-state index contributed by atoms with van der Waals surface area (Å²) in [7, 11) is 1.72. The maximum atomic E-state index is 5.61. The van der Waals surface area contributed by atoms with Gasteiger partial charge in [0.05, 0.1) is 6.20 Å². The average Bonchev–Trinajstić information content (AvgIpc) is 3.01. The predicted molar refractivity (Wildman–Crippen MR) is 78.5 cm³/mol. The van der Waals surface area contributed by atoms with Gasteiger partial charge in [0.15, 0.2) is 5.75 Å². The summed E-state index contributed by atoms with van der Waals surface area (Å²) in [5.74, 6) is 1.32. The van der Waals surface area contributed by atoms with E-state index in [2.05, 4.69) is 46.2 Å². The third-order valence-electron chi connectivity index (χ3n) is 2.45. The van der Waals surface area contributed by atoms with Gasteiger partial charge < -0.3 is 10.1 Å². The molecule has 106 valence electrons. The highest BCUT2D eigenvalue weighted by atomic mass is 79.9. The van der Waals surface area contributed by atoms with Crippen LogP contribution in [0.2, 0.25) is 0 Å². The van der Waals surface area contributed by atoms with E-state index in [9.17, 15) is 0 Å². The molecule has 3 heterocycles. The van der Waals surface area contributed by atoms with Crippen LogP contribution in [0.1, 0.15) is 0 Å². The number of pyridine rings is 1. The molecule has 21 heavy (non-hydrogen) atoms. The first-order valence-corrected chi connectivity index (χ1v) is 6.74. The average molecular weight is 348 g/mol. The fourth-order valence-electron chi connectivity index (χ4n) is 1.55. The van der Waals surface area contributed by atoms with Crippen LogP contribution in [0.5, 0.6) is 11.8 Å². The molecule has 9 heteroatoms. The first kappa shape index (κ1) is 13.4. The second-order valence-electron chi connectivity index (χ2n) is 3.90. The number of hydrogen-bond acceptors (Lipinski definition) is 7. The van der Waals surface area contributed by atoms with Crippen LogP contribution < -0.4 is 10.1 Å². The van der Waals surface area contributed by atoms with Crippen molar-refractivity contribution in [2.75, 3.05) is 12.4 Å². The Morgan fingerprint density at radius 2 is 2.10 bits per heavy atom. The lowest BCUT2D eigenvalue weighted by molar-refractivity contribution is 0.437. The van der Waals surface area contributed by atoms with Gasteiger partial charge in [-0.15, -0.1) is 0 Å². The van der Waals surface area contributed by atoms with Crippen molar-refractivity contribution in [3.05, 3.63) is 41.7 Å². The second kappa shape index (κ2) is 5.83. The van der Waals surface area contributed by atoms with Gasteiger partial charge in [0.25, 0.3) is 0 Å². The van der Waals surface area contributed by atoms with Crippen molar-refractivity contribution in [3.63, 3.8) is 0 Å². The predicted octanol–water partition coefficient (Wildman–Crippen LogP) is 2.05. The molecule has 0 amide bonds. The van der Waals surface area contributed by atoms with Gasteiger partial charge in [0.2, 0.25) is 11.9 Å². The minimum Gasteiger partial charge on any atom is -0.422 e. The van der Waals surface area contributed by atoms with E-state index in [1.165, 1.54) is 0 Å². The Balaban J connectivity index is 1.96. The Morgan fingerprint density at radius 3 is 2.81 bits per heavy atom. The molecule has 0 saturated heterocycles. The zero-order valence-corrected chi connectivity index (χ0v) is 12.5. The molecule has 0 spiro atoms. The van der Waals surface area contributed by atoms with E-state index >= 15 is 0 Å². The molecular weight excluding hydrogens is 338 g/mol. The van der Waals surface area contributed by atoms with E-state index in [0.717, 1.165) is 4.47 Å². The van der Waals surface area contributed by atoms with Crippen LogP contribution in [0.15, 0.2) is 41.7 Å². The maximum absolute atomic E-state index is 5.61. The number of hydrogen-bond donors (Lipinski definition) is 1. The molecule has 0 radical (unpaired) electrons. The summed E-state index contributed by atoms with van der Waals surface area (Å²) in [6, 6.07) is 1.94. The number of ether oxygens (including phenoxy) is 1. The number of anilines is 1. The largest absolute Gasteiger partial charge is 0.422 e. The minimum atomic E-state index is 0.165. The molecule has 0 aliphatic rings. The van der Waals surface area contributed by atoms with Gasteiger partial charge in [0, 0.05) is 30.1 Å². The molecular formula is C12H10BrN7O. The molecule has 0 aliphatic heterocycles. The van der Waals surface area contributed by atoms with Gasteiger partial charge >= 0.3 is 6.01 Å². The molecule has 3 rings (SSSR count). The maximum Gasteiger partial charge on any atom is 0.328 e. The van der Waals surface area contributed by atoms with E-state index in [4.69, 9.17) is 4.74 Å². The van der Waals surface area contributed by atoms with Crippen LogP contribution in [0.4, 0.5) is 5.95 Å². The monoisotopic (exact) mass is 347 g/mol. The number of nitrogens with one attached hydrogen (secondary N) is 1. The van der Waals surface area contributed by atoms with Gasteiger partial charge in [-0.3, -0.25) is 9.55 Å². The van der Waals surface area contributed by atoms with Gasteiger partial charge in [-0.05, 0) is 22.0 Å². The topological polar surface area (TPSA) is 90.6 Å². The van der Waals surface area contributed by atoms with E-state index in [0.29, 0.717) is 17.6 Å². The molecule has 0 aliphatic carbocycles. The van der Waals surface area contributed by atoms with Crippen molar-refractivity contribution in [1.29, 1.82) is 0 Å². The molecule has 0 saturated carbocycles. The Hall–Kier alpha value is -2.55. The first-order chi connectivity index (χ1) is 10.2. The lowest BCUT2D eigenvalue weighted by atomic mass is 10.5. The van der Waals surface area contributed by atoms with Gasteiger partial charge in [-0.25, -0.2) is 4.98 Å². The Bertz CT molecular complexity index is 747. The Morgan fingerprint density at radius 1 is 1.19 bits per heavy atom. The molecule has 0 bridgehead atoms. The van der Waals surface area contributed by atoms with Crippen molar-refractivity contribution >= 4 is 21.9 Å². The SMILES string of the molecule is CNc1nc(Oc2cncc(Br)c2)nc(-n2ccnc2)n1.